The Balaban J connectivity index is 2.39. The normalized spacial score (nSPS) is 13.1. The average Bonchev–Trinajstić information content (AvgIpc) is 2.48. The average molecular weight is 286 g/mol. The molecule has 102 valence electrons. The maximum Gasteiger partial charge on any atom is 0.118 e. The highest BCUT2D eigenvalue weighted by atomic mass is 32.2. The fourth-order valence-electron chi connectivity index (χ4n) is 1.68. The zero-order valence-corrected chi connectivity index (χ0v) is 12.1. The summed E-state index contributed by atoms with van der Waals surface area (Å²) in [5.41, 5.74) is 1.14. The number of nitrogens with zero attached hydrogens (tertiary/aromatic N) is 2. The molecule has 1 unspecified atom stereocenters. The van der Waals surface area contributed by atoms with Crippen LogP contribution in [0.4, 0.5) is 5.69 Å². The third-order valence-corrected chi connectivity index (χ3v) is 4.48. The quantitative estimate of drug-likeness (QED) is 0.869. The predicted molar refractivity (Wildman–Crippen MR) is 78.6 cm³/mol. The zero-order valence-electron chi connectivity index (χ0n) is 11.2. The predicted octanol–water partition coefficient (Wildman–Crippen LogP) is 3.36. The molecule has 0 fully saturated rings. The Labute approximate surface area is 118 Å². The van der Waals surface area contributed by atoms with Crippen molar-refractivity contribution in [3.63, 3.8) is 0 Å². The molecule has 0 aromatic heterocycles. The van der Waals surface area contributed by atoms with Gasteiger partial charge in [-0.3, -0.25) is 0 Å². The minimum atomic E-state index is -2.52. The van der Waals surface area contributed by atoms with Crippen LogP contribution in [-0.4, -0.2) is 17.6 Å². The Morgan fingerprint density at radius 2 is 1.70 bits per heavy atom. The minimum absolute atomic E-state index is 0.552. The lowest BCUT2D eigenvalue weighted by Crippen LogP contribution is -1.96. The van der Waals surface area contributed by atoms with Crippen molar-refractivity contribution in [1.29, 1.82) is 5.26 Å². The number of rotatable bonds is 3. The summed E-state index contributed by atoms with van der Waals surface area (Å²) in [6.07, 6.45) is 1.59. The van der Waals surface area contributed by atoms with E-state index >= 15 is 0 Å². The fraction of sp³-hybridized carbons (Fsp3) is 0.133. The number of hydrogen-bond donors (Lipinski definition) is 0. The van der Waals surface area contributed by atoms with E-state index in [2.05, 4.69) is 4.36 Å². The standard InChI is InChI=1S/C15H14N2O2S/c1-19-14-7-9-15(10-8-14)20(2,18)17-13-5-3-12(11-16)4-6-13/h3-10H,1-2H3. The Morgan fingerprint density at radius 1 is 1.10 bits per heavy atom. The van der Waals surface area contributed by atoms with E-state index in [1.807, 2.05) is 6.07 Å². The van der Waals surface area contributed by atoms with Gasteiger partial charge in [-0.05, 0) is 48.5 Å². The first-order chi connectivity index (χ1) is 9.55. The third-order valence-electron chi connectivity index (χ3n) is 2.77. The highest BCUT2D eigenvalue weighted by Crippen LogP contribution is 2.21. The Kier molecular flexibility index (Phi) is 4.06. The fourth-order valence-corrected chi connectivity index (χ4v) is 2.95. The molecule has 4 nitrogen and oxygen atoms in total. The van der Waals surface area contributed by atoms with E-state index in [0.717, 1.165) is 0 Å². The van der Waals surface area contributed by atoms with Crippen molar-refractivity contribution in [3.05, 3.63) is 54.1 Å². The van der Waals surface area contributed by atoms with Crippen molar-refractivity contribution < 1.29 is 8.95 Å². The van der Waals surface area contributed by atoms with Crippen LogP contribution in [-0.2, 0) is 9.73 Å². The molecule has 0 aliphatic rings. The summed E-state index contributed by atoms with van der Waals surface area (Å²) < 4.78 is 22.0. The highest BCUT2D eigenvalue weighted by Gasteiger charge is 2.06. The van der Waals surface area contributed by atoms with E-state index in [9.17, 15) is 4.21 Å². The van der Waals surface area contributed by atoms with E-state index in [-0.39, 0.29) is 0 Å². The Bertz CT molecular complexity index is 750. The maximum atomic E-state index is 12.6. The van der Waals surface area contributed by atoms with Gasteiger partial charge in [-0.2, -0.15) is 9.62 Å². The second-order valence-electron chi connectivity index (χ2n) is 4.23. The molecule has 0 aliphatic carbocycles. The van der Waals surface area contributed by atoms with Gasteiger partial charge in [-0.15, -0.1) is 0 Å². The maximum absolute atomic E-state index is 12.6. The molecule has 2 rings (SSSR count). The van der Waals surface area contributed by atoms with Crippen LogP contribution in [0.25, 0.3) is 0 Å². The van der Waals surface area contributed by atoms with Crippen LogP contribution in [0.1, 0.15) is 5.56 Å². The second kappa shape index (κ2) is 5.76. The van der Waals surface area contributed by atoms with E-state index in [1.165, 1.54) is 0 Å². The molecule has 0 amide bonds. The molecule has 0 bridgehead atoms. The van der Waals surface area contributed by atoms with Gasteiger partial charge in [-0.1, -0.05) is 0 Å². The van der Waals surface area contributed by atoms with Gasteiger partial charge in [0.15, 0.2) is 0 Å². The molecule has 0 heterocycles. The van der Waals surface area contributed by atoms with E-state index in [4.69, 9.17) is 10.00 Å². The van der Waals surface area contributed by atoms with Crippen molar-refractivity contribution in [2.45, 2.75) is 4.90 Å². The molecule has 20 heavy (non-hydrogen) atoms. The first-order valence-electron chi connectivity index (χ1n) is 5.91. The number of hydrogen-bond acceptors (Lipinski definition) is 4. The summed E-state index contributed by atoms with van der Waals surface area (Å²) in [6, 6.07) is 15.7. The van der Waals surface area contributed by atoms with E-state index < -0.39 is 9.73 Å². The van der Waals surface area contributed by atoms with Crippen LogP contribution >= 0.6 is 0 Å². The first kappa shape index (κ1) is 14.1. The van der Waals surface area contributed by atoms with Gasteiger partial charge in [0.2, 0.25) is 0 Å². The molecule has 2 aromatic carbocycles. The first-order valence-corrected chi connectivity index (χ1v) is 7.84. The lowest BCUT2D eigenvalue weighted by molar-refractivity contribution is 0.414. The lowest BCUT2D eigenvalue weighted by atomic mass is 10.2. The van der Waals surface area contributed by atoms with E-state index in [1.54, 1.807) is 61.9 Å². The summed E-state index contributed by atoms with van der Waals surface area (Å²) >= 11 is 0. The SMILES string of the molecule is COc1ccc(S(C)(=O)=Nc2ccc(C#N)cc2)cc1. The summed E-state index contributed by atoms with van der Waals surface area (Å²) in [5.74, 6) is 0.710. The van der Waals surface area contributed by atoms with Crippen LogP contribution in [0, 0.1) is 11.3 Å². The molecule has 0 aliphatic heterocycles. The Hall–Kier alpha value is -2.32. The number of methoxy groups -OCH3 is 1. The molecule has 0 saturated carbocycles. The van der Waals surface area contributed by atoms with Crippen molar-refractivity contribution in [2.75, 3.05) is 13.4 Å². The van der Waals surface area contributed by atoms with Crippen LogP contribution < -0.4 is 4.74 Å². The summed E-state index contributed by atoms with van der Waals surface area (Å²) in [6.45, 7) is 0. The monoisotopic (exact) mass is 286 g/mol. The van der Waals surface area contributed by atoms with Gasteiger partial charge < -0.3 is 4.74 Å². The molecule has 1 atom stereocenters. The van der Waals surface area contributed by atoms with Crippen LogP contribution in [0.2, 0.25) is 0 Å². The smallest absolute Gasteiger partial charge is 0.118 e. The van der Waals surface area contributed by atoms with Gasteiger partial charge in [0, 0.05) is 11.2 Å². The van der Waals surface area contributed by atoms with Crippen molar-refractivity contribution in [1.82, 2.24) is 0 Å². The molecule has 0 radical (unpaired) electrons. The largest absolute Gasteiger partial charge is 0.497 e. The van der Waals surface area contributed by atoms with Gasteiger partial charge in [0.1, 0.15) is 5.75 Å². The van der Waals surface area contributed by atoms with E-state index in [0.29, 0.717) is 21.9 Å². The van der Waals surface area contributed by atoms with Crippen LogP contribution in [0.3, 0.4) is 0 Å². The molecule has 0 N–H and O–H groups in total. The highest BCUT2D eigenvalue weighted by molar-refractivity contribution is 7.93. The molecule has 0 saturated heterocycles. The molecule has 0 spiro atoms. The zero-order chi connectivity index (χ0) is 14.6. The van der Waals surface area contributed by atoms with Crippen molar-refractivity contribution in [3.8, 4) is 11.8 Å². The van der Waals surface area contributed by atoms with Crippen LogP contribution in [0.5, 0.6) is 5.75 Å². The topological polar surface area (TPSA) is 62.4 Å². The third kappa shape index (κ3) is 3.16. The number of nitriles is 1. The van der Waals surface area contributed by atoms with Gasteiger partial charge in [0.05, 0.1) is 34.2 Å². The second-order valence-corrected chi connectivity index (χ2v) is 6.49. The minimum Gasteiger partial charge on any atom is -0.497 e. The summed E-state index contributed by atoms with van der Waals surface area (Å²) in [7, 11) is -0.939. The van der Waals surface area contributed by atoms with Gasteiger partial charge in [-0.25, -0.2) is 4.21 Å². The lowest BCUT2D eigenvalue weighted by Gasteiger charge is -2.06. The molecule has 2 aromatic rings. The Morgan fingerprint density at radius 3 is 2.20 bits per heavy atom. The summed E-state index contributed by atoms with van der Waals surface area (Å²) in [5, 5.41) is 8.74. The van der Waals surface area contributed by atoms with Gasteiger partial charge >= 0.3 is 0 Å². The molecule has 5 heteroatoms. The molecular formula is C15H14N2O2S. The van der Waals surface area contributed by atoms with Crippen molar-refractivity contribution in [2.24, 2.45) is 4.36 Å². The molecular weight excluding hydrogens is 272 g/mol. The van der Waals surface area contributed by atoms with Crippen molar-refractivity contribution >= 4 is 15.4 Å². The van der Waals surface area contributed by atoms with Crippen LogP contribution in [0.15, 0.2) is 57.8 Å². The summed E-state index contributed by atoms with van der Waals surface area (Å²) in [4.78, 5) is 0.641. The number of benzene rings is 2. The number of ether oxygens (including phenoxy) is 1. The van der Waals surface area contributed by atoms with Gasteiger partial charge in [0.25, 0.3) is 0 Å².